The molecule has 4 nitrogen and oxygen atoms in total. The Labute approximate surface area is 124 Å². The Morgan fingerprint density at radius 3 is 2.90 bits per heavy atom. The summed E-state index contributed by atoms with van der Waals surface area (Å²) in [4.78, 5) is 10.9. The van der Waals surface area contributed by atoms with E-state index in [0.717, 1.165) is 21.3 Å². The number of fused-ring (bicyclic) bond motifs is 1. The Morgan fingerprint density at radius 2 is 2.10 bits per heavy atom. The molecule has 0 atom stereocenters. The van der Waals surface area contributed by atoms with Crippen molar-refractivity contribution in [1.29, 1.82) is 0 Å². The number of anilines is 1. The van der Waals surface area contributed by atoms with Crippen LogP contribution in [0.1, 0.15) is 0 Å². The molecule has 3 N–H and O–H groups in total. The predicted octanol–water partition coefficient (Wildman–Crippen LogP) is 4.11. The topological polar surface area (TPSA) is 68.0 Å². The number of urea groups is 1. The van der Waals surface area contributed by atoms with Crippen molar-refractivity contribution in [3.63, 3.8) is 0 Å². The minimum atomic E-state index is -0.590. The zero-order valence-electron chi connectivity index (χ0n) is 10.3. The van der Waals surface area contributed by atoms with E-state index in [0.29, 0.717) is 10.7 Å². The molecule has 0 aliphatic heterocycles. The fourth-order valence-electron chi connectivity index (χ4n) is 2.01. The average molecular weight is 304 g/mol. The van der Waals surface area contributed by atoms with Crippen LogP contribution < -0.4 is 11.1 Å². The summed E-state index contributed by atoms with van der Waals surface area (Å²) in [6, 6.07) is 12.5. The summed E-state index contributed by atoms with van der Waals surface area (Å²) in [7, 11) is 0. The molecule has 0 saturated heterocycles. The first kappa shape index (κ1) is 12.9. The molecule has 1 aromatic heterocycles. The summed E-state index contributed by atoms with van der Waals surface area (Å²) in [5.41, 5.74) is 7.51. The van der Waals surface area contributed by atoms with E-state index in [-0.39, 0.29) is 0 Å². The van der Waals surface area contributed by atoms with Crippen LogP contribution >= 0.6 is 23.1 Å². The number of carbonyl (C=O) groups excluding carboxylic acids is 1. The van der Waals surface area contributed by atoms with Crippen LogP contribution in [0.5, 0.6) is 0 Å². The summed E-state index contributed by atoms with van der Waals surface area (Å²) < 4.78 is 5.53. The number of rotatable bonds is 2. The average Bonchev–Trinajstić information content (AvgIpc) is 2.81. The molecule has 0 fully saturated rings. The van der Waals surface area contributed by atoms with Crippen molar-refractivity contribution in [3.8, 4) is 11.3 Å². The fraction of sp³-hybridized carbons (Fsp3) is 0. The van der Waals surface area contributed by atoms with Gasteiger partial charge in [0, 0.05) is 21.7 Å². The molecule has 0 unspecified atom stereocenters. The van der Waals surface area contributed by atoms with Gasteiger partial charge in [0.25, 0.3) is 0 Å². The van der Waals surface area contributed by atoms with Gasteiger partial charge in [-0.3, -0.25) is 0 Å². The summed E-state index contributed by atoms with van der Waals surface area (Å²) in [6.07, 6.45) is 0. The Morgan fingerprint density at radius 1 is 1.25 bits per heavy atom. The monoisotopic (exact) mass is 303 g/mol. The van der Waals surface area contributed by atoms with Gasteiger partial charge in [-0.2, -0.15) is 4.37 Å². The lowest BCUT2D eigenvalue weighted by Crippen LogP contribution is -2.19. The maximum absolute atomic E-state index is 10.9. The van der Waals surface area contributed by atoms with Crippen molar-refractivity contribution < 1.29 is 4.79 Å². The van der Waals surface area contributed by atoms with Gasteiger partial charge in [0.05, 0.1) is 10.4 Å². The van der Waals surface area contributed by atoms with Crippen LogP contribution in [-0.4, -0.2) is 10.4 Å². The van der Waals surface area contributed by atoms with Crippen molar-refractivity contribution in [3.05, 3.63) is 47.5 Å². The molecule has 2 aromatic carbocycles. The number of nitrogens with one attached hydrogen (secondary N) is 1. The molecule has 0 saturated carbocycles. The third-order valence-electron chi connectivity index (χ3n) is 2.84. The van der Waals surface area contributed by atoms with E-state index in [1.165, 1.54) is 11.5 Å². The minimum Gasteiger partial charge on any atom is -0.351 e. The molecular weight excluding hydrogens is 294 g/mol. The van der Waals surface area contributed by atoms with Crippen LogP contribution in [0.2, 0.25) is 5.02 Å². The zero-order chi connectivity index (χ0) is 14.1. The second kappa shape index (κ2) is 5.11. The van der Waals surface area contributed by atoms with Crippen LogP contribution in [0.15, 0.2) is 42.5 Å². The third kappa shape index (κ3) is 2.45. The highest BCUT2D eigenvalue weighted by atomic mass is 35.5. The molecule has 6 heteroatoms. The van der Waals surface area contributed by atoms with Crippen molar-refractivity contribution in [2.24, 2.45) is 5.73 Å². The number of carbonyl (C=O) groups is 1. The molecule has 2 amide bonds. The van der Waals surface area contributed by atoms with Gasteiger partial charge in [0.1, 0.15) is 0 Å². The van der Waals surface area contributed by atoms with E-state index >= 15 is 0 Å². The number of hydrogen-bond acceptors (Lipinski definition) is 3. The second-order valence-corrected chi connectivity index (χ2v) is 5.48. The highest BCUT2D eigenvalue weighted by Crippen LogP contribution is 2.33. The van der Waals surface area contributed by atoms with Crippen molar-refractivity contribution >= 4 is 44.9 Å². The van der Waals surface area contributed by atoms with E-state index in [1.54, 1.807) is 6.07 Å². The lowest BCUT2D eigenvalue weighted by molar-refractivity contribution is 0.259. The van der Waals surface area contributed by atoms with Crippen LogP contribution in [0.3, 0.4) is 0 Å². The Hall–Kier alpha value is -2.11. The summed E-state index contributed by atoms with van der Waals surface area (Å²) in [6.45, 7) is 0. The standard InChI is InChI=1S/C14H10ClN3OS/c15-9-4-5-12-11(7-9)13(18-20-12)8-2-1-3-10(6-8)17-14(16)19/h1-7H,(H3,16,17,19). The summed E-state index contributed by atoms with van der Waals surface area (Å²) >= 11 is 7.46. The predicted molar refractivity (Wildman–Crippen MR) is 83.3 cm³/mol. The van der Waals surface area contributed by atoms with Crippen molar-refractivity contribution in [2.45, 2.75) is 0 Å². The lowest BCUT2D eigenvalue weighted by atomic mass is 10.1. The highest BCUT2D eigenvalue weighted by molar-refractivity contribution is 7.13. The first-order valence-corrected chi connectivity index (χ1v) is 7.00. The normalized spacial score (nSPS) is 10.7. The van der Waals surface area contributed by atoms with Gasteiger partial charge in [-0.25, -0.2) is 4.79 Å². The first-order valence-electron chi connectivity index (χ1n) is 5.85. The van der Waals surface area contributed by atoms with E-state index in [9.17, 15) is 4.79 Å². The molecule has 1 heterocycles. The Bertz CT molecular complexity index is 800. The largest absolute Gasteiger partial charge is 0.351 e. The Balaban J connectivity index is 2.11. The van der Waals surface area contributed by atoms with Crippen molar-refractivity contribution in [2.75, 3.05) is 5.32 Å². The fourth-order valence-corrected chi connectivity index (χ4v) is 2.95. The quantitative estimate of drug-likeness (QED) is 0.748. The van der Waals surface area contributed by atoms with Crippen LogP contribution in [0, 0.1) is 0 Å². The molecule has 20 heavy (non-hydrogen) atoms. The summed E-state index contributed by atoms with van der Waals surface area (Å²) in [5, 5.41) is 4.23. The molecule has 3 aromatic rings. The molecule has 3 rings (SSSR count). The van der Waals surface area contributed by atoms with Gasteiger partial charge in [-0.05, 0) is 41.9 Å². The minimum absolute atomic E-state index is 0.590. The molecular formula is C14H10ClN3OS. The third-order valence-corrected chi connectivity index (χ3v) is 3.90. The van der Waals surface area contributed by atoms with E-state index in [4.69, 9.17) is 17.3 Å². The van der Waals surface area contributed by atoms with Gasteiger partial charge >= 0.3 is 6.03 Å². The maximum Gasteiger partial charge on any atom is 0.316 e. The first-order chi connectivity index (χ1) is 9.63. The van der Waals surface area contributed by atoms with Gasteiger partial charge in [-0.15, -0.1) is 0 Å². The smallest absolute Gasteiger partial charge is 0.316 e. The van der Waals surface area contributed by atoms with E-state index in [1.807, 2.05) is 36.4 Å². The number of amides is 2. The number of nitrogens with two attached hydrogens (primary N) is 1. The number of aromatic nitrogens is 1. The van der Waals surface area contributed by atoms with Crippen LogP contribution in [0.4, 0.5) is 10.5 Å². The van der Waals surface area contributed by atoms with Crippen LogP contribution in [0.25, 0.3) is 21.3 Å². The van der Waals surface area contributed by atoms with Gasteiger partial charge in [0.2, 0.25) is 0 Å². The van der Waals surface area contributed by atoms with Gasteiger partial charge in [-0.1, -0.05) is 23.7 Å². The summed E-state index contributed by atoms with van der Waals surface area (Å²) in [5.74, 6) is 0. The number of hydrogen-bond donors (Lipinski definition) is 2. The number of nitrogens with zero attached hydrogens (tertiary/aromatic N) is 1. The lowest BCUT2D eigenvalue weighted by Gasteiger charge is -2.04. The molecule has 0 aliphatic carbocycles. The zero-order valence-corrected chi connectivity index (χ0v) is 11.8. The number of halogens is 1. The van der Waals surface area contributed by atoms with Crippen LogP contribution in [-0.2, 0) is 0 Å². The van der Waals surface area contributed by atoms with Gasteiger partial charge < -0.3 is 11.1 Å². The number of benzene rings is 2. The number of primary amides is 1. The molecule has 0 bridgehead atoms. The van der Waals surface area contributed by atoms with Gasteiger partial charge in [0.15, 0.2) is 0 Å². The van der Waals surface area contributed by atoms with Crippen molar-refractivity contribution in [1.82, 2.24) is 4.37 Å². The molecule has 0 spiro atoms. The maximum atomic E-state index is 10.9. The van der Waals surface area contributed by atoms with E-state index in [2.05, 4.69) is 9.69 Å². The van der Waals surface area contributed by atoms with E-state index < -0.39 is 6.03 Å². The molecule has 0 radical (unpaired) electrons. The SMILES string of the molecule is NC(=O)Nc1cccc(-c2nsc3ccc(Cl)cc23)c1. The Kier molecular flexibility index (Phi) is 3.30. The molecule has 0 aliphatic rings. The highest BCUT2D eigenvalue weighted by Gasteiger charge is 2.09. The molecule has 100 valence electrons. The second-order valence-electron chi connectivity index (χ2n) is 4.24.